The lowest BCUT2D eigenvalue weighted by molar-refractivity contribution is 0.0461. The van der Waals surface area contributed by atoms with Crippen LogP contribution < -0.4 is 5.32 Å². The summed E-state index contributed by atoms with van der Waals surface area (Å²) in [6.45, 7) is 1.47. The fraction of sp³-hybridized carbons (Fsp3) is 1.00. The van der Waals surface area contributed by atoms with Crippen LogP contribution in [0.15, 0.2) is 0 Å². The fourth-order valence-corrected chi connectivity index (χ4v) is 2.85. The predicted molar refractivity (Wildman–Crippen MR) is 60.7 cm³/mol. The summed E-state index contributed by atoms with van der Waals surface area (Å²) < 4.78 is 29.4. The van der Waals surface area contributed by atoms with Gasteiger partial charge in [-0.1, -0.05) is 0 Å². The van der Waals surface area contributed by atoms with E-state index >= 15 is 0 Å². The van der Waals surface area contributed by atoms with Gasteiger partial charge in [-0.25, -0.2) is 12.7 Å². The van der Waals surface area contributed by atoms with Crippen molar-refractivity contribution in [2.75, 3.05) is 46.2 Å². The molecule has 0 aliphatic carbocycles. The van der Waals surface area contributed by atoms with Crippen molar-refractivity contribution in [3.05, 3.63) is 0 Å². The van der Waals surface area contributed by atoms with Gasteiger partial charge < -0.3 is 15.2 Å². The molecule has 0 radical (unpaired) electrons. The number of methoxy groups -OCH3 is 1. The Morgan fingerprint density at radius 2 is 2.25 bits per heavy atom. The van der Waals surface area contributed by atoms with Crippen LogP contribution in [-0.4, -0.2) is 69.6 Å². The second kappa shape index (κ2) is 5.42. The zero-order valence-electron chi connectivity index (χ0n) is 9.77. The van der Waals surface area contributed by atoms with Crippen LogP contribution in [0.5, 0.6) is 0 Å². The highest BCUT2D eigenvalue weighted by molar-refractivity contribution is 7.89. The molecule has 0 saturated carbocycles. The summed E-state index contributed by atoms with van der Waals surface area (Å²) in [6, 6.07) is 0. The van der Waals surface area contributed by atoms with Crippen LogP contribution in [0.3, 0.4) is 0 Å². The van der Waals surface area contributed by atoms with Gasteiger partial charge in [0.05, 0.1) is 18.0 Å². The molecule has 1 heterocycles. The van der Waals surface area contributed by atoms with Gasteiger partial charge >= 0.3 is 0 Å². The number of aliphatic hydroxyl groups is 1. The van der Waals surface area contributed by atoms with Crippen LogP contribution in [0.2, 0.25) is 0 Å². The number of hydrogen-bond donors (Lipinski definition) is 2. The van der Waals surface area contributed by atoms with E-state index in [4.69, 9.17) is 4.74 Å². The molecule has 1 aliphatic heterocycles. The lowest BCUT2D eigenvalue weighted by atomic mass is 10.0. The quantitative estimate of drug-likeness (QED) is 0.609. The zero-order chi connectivity index (χ0) is 12.2. The molecule has 1 atom stereocenters. The zero-order valence-corrected chi connectivity index (χ0v) is 10.6. The third-order valence-electron chi connectivity index (χ3n) is 2.76. The van der Waals surface area contributed by atoms with Crippen molar-refractivity contribution in [3.8, 4) is 0 Å². The Labute approximate surface area is 96.6 Å². The minimum absolute atomic E-state index is 0.0521. The van der Waals surface area contributed by atoms with E-state index in [0.717, 1.165) is 6.54 Å². The Balaban J connectivity index is 2.53. The Kier molecular flexibility index (Phi) is 4.69. The van der Waals surface area contributed by atoms with Gasteiger partial charge in [-0.05, 0) is 13.0 Å². The molecule has 0 spiro atoms. The summed E-state index contributed by atoms with van der Waals surface area (Å²) in [5.74, 6) is -0.0521. The molecule has 96 valence electrons. The molecule has 7 heteroatoms. The molecule has 2 N–H and O–H groups in total. The third-order valence-corrected chi connectivity index (χ3v) is 4.52. The van der Waals surface area contributed by atoms with Crippen molar-refractivity contribution in [3.63, 3.8) is 0 Å². The number of β-amino-alcohol motifs (C(OH)–C–C–N with tert-alkyl or cyclic N) is 1. The molecule has 1 unspecified atom stereocenters. The number of rotatable bonds is 6. The normalized spacial score (nSPS) is 26.5. The van der Waals surface area contributed by atoms with Crippen molar-refractivity contribution in [1.29, 1.82) is 0 Å². The SMILES string of the molecule is COCCS(=O)(=O)N(C)CC1(O)CCNC1. The second-order valence-corrected chi connectivity index (χ2v) is 6.41. The lowest BCUT2D eigenvalue weighted by Crippen LogP contribution is -2.46. The van der Waals surface area contributed by atoms with Crippen LogP contribution in [-0.2, 0) is 14.8 Å². The maximum absolute atomic E-state index is 11.7. The highest BCUT2D eigenvalue weighted by atomic mass is 32.2. The van der Waals surface area contributed by atoms with Crippen molar-refractivity contribution >= 4 is 10.0 Å². The first-order valence-electron chi connectivity index (χ1n) is 5.26. The van der Waals surface area contributed by atoms with Gasteiger partial charge in [0, 0.05) is 27.2 Å². The first kappa shape index (κ1) is 13.9. The van der Waals surface area contributed by atoms with Crippen molar-refractivity contribution in [2.45, 2.75) is 12.0 Å². The minimum atomic E-state index is -3.33. The van der Waals surface area contributed by atoms with Crippen molar-refractivity contribution in [2.24, 2.45) is 0 Å². The van der Waals surface area contributed by atoms with E-state index in [0.29, 0.717) is 13.0 Å². The number of likely N-dealkylation sites (N-methyl/N-ethyl adjacent to an activating group) is 1. The summed E-state index contributed by atoms with van der Waals surface area (Å²) in [4.78, 5) is 0. The minimum Gasteiger partial charge on any atom is -0.387 e. The summed E-state index contributed by atoms with van der Waals surface area (Å²) in [7, 11) is -0.378. The predicted octanol–water partition coefficient (Wildman–Crippen LogP) is -1.38. The molecule has 0 aromatic heterocycles. The van der Waals surface area contributed by atoms with E-state index in [1.807, 2.05) is 0 Å². The standard InChI is InChI=1S/C9H20N2O4S/c1-11(16(13,14)6-5-15-2)8-9(12)3-4-10-7-9/h10,12H,3-8H2,1-2H3. The Bertz CT molecular complexity index is 311. The van der Waals surface area contributed by atoms with Gasteiger partial charge in [-0.2, -0.15) is 0 Å². The molecule has 6 nitrogen and oxygen atoms in total. The Morgan fingerprint density at radius 3 is 2.75 bits per heavy atom. The molecular weight excluding hydrogens is 232 g/mol. The van der Waals surface area contributed by atoms with E-state index in [1.54, 1.807) is 0 Å². The van der Waals surface area contributed by atoms with Gasteiger partial charge in [-0.3, -0.25) is 0 Å². The summed E-state index contributed by atoms with van der Waals surface area (Å²) in [5, 5.41) is 13.1. The molecule has 0 amide bonds. The molecule has 1 aliphatic rings. The number of ether oxygens (including phenoxy) is 1. The third kappa shape index (κ3) is 3.67. The molecular formula is C9H20N2O4S. The van der Waals surface area contributed by atoms with Crippen LogP contribution in [0, 0.1) is 0 Å². The monoisotopic (exact) mass is 252 g/mol. The maximum atomic E-state index is 11.7. The Morgan fingerprint density at radius 1 is 1.56 bits per heavy atom. The van der Waals surface area contributed by atoms with Gasteiger partial charge in [0.15, 0.2) is 0 Å². The summed E-state index contributed by atoms with van der Waals surface area (Å²) >= 11 is 0. The topological polar surface area (TPSA) is 78.9 Å². The average Bonchev–Trinajstić information content (AvgIpc) is 2.62. The lowest BCUT2D eigenvalue weighted by Gasteiger charge is -2.27. The van der Waals surface area contributed by atoms with Crippen LogP contribution in [0.4, 0.5) is 0 Å². The molecule has 1 saturated heterocycles. The van der Waals surface area contributed by atoms with E-state index in [-0.39, 0.29) is 18.9 Å². The molecule has 16 heavy (non-hydrogen) atoms. The Hall–Kier alpha value is -0.210. The maximum Gasteiger partial charge on any atom is 0.216 e. The fourth-order valence-electron chi connectivity index (χ4n) is 1.72. The highest BCUT2D eigenvalue weighted by Gasteiger charge is 2.35. The molecule has 0 bridgehead atoms. The van der Waals surface area contributed by atoms with E-state index in [2.05, 4.69) is 5.32 Å². The van der Waals surface area contributed by atoms with Crippen LogP contribution >= 0.6 is 0 Å². The number of nitrogens with zero attached hydrogens (tertiary/aromatic N) is 1. The number of hydrogen-bond acceptors (Lipinski definition) is 5. The highest BCUT2D eigenvalue weighted by Crippen LogP contribution is 2.16. The summed E-state index contributed by atoms with van der Waals surface area (Å²) in [5.41, 5.74) is -0.936. The second-order valence-electron chi connectivity index (χ2n) is 4.22. The van der Waals surface area contributed by atoms with Crippen LogP contribution in [0.25, 0.3) is 0 Å². The van der Waals surface area contributed by atoms with Gasteiger partial charge in [0.2, 0.25) is 10.0 Å². The van der Waals surface area contributed by atoms with Gasteiger partial charge in [-0.15, -0.1) is 0 Å². The summed E-state index contributed by atoms with van der Waals surface area (Å²) in [6.07, 6.45) is 0.580. The molecule has 0 aromatic carbocycles. The van der Waals surface area contributed by atoms with Gasteiger partial charge in [0.1, 0.15) is 0 Å². The average molecular weight is 252 g/mol. The molecule has 0 aromatic rings. The molecule has 1 rings (SSSR count). The smallest absolute Gasteiger partial charge is 0.216 e. The largest absolute Gasteiger partial charge is 0.387 e. The molecule has 1 fully saturated rings. The van der Waals surface area contributed by atoms with E-state index in [1.165, 1.54) is 18.5 Å². The van der Waals surface area contributed by atoms with Crippen molar-refractivity contribution < 1.29 is 18.3 Å². The first-order chi connectivity index (χ1) is 7.40. The van der Waals surface area contributed by atoms with Gasteiger partial charge in [0.25, 0.3) is 0 Å². The first-order valence-corrected chi connectivity index (χ1v) is 6.87. The van der Waals surface area contributed by atoms with Crippen molar-refractivity contribution in [1.82, 2.24) is 9.62 Å². The van der Waals surface area contributed by atoms with Crippen LogP contribution in [0.1, 0.15) is 6.42 Å². The van der Waals surface area contributed by atoms with E-state index < -0.39 is 15.6 Å². The number of nitrogens with one attached hydrogen (secondary N) is 1. The number of sulfonamides is 1. The van der Waals surface area contributed by atoms with E-state index in [9.17, 15) is 13.5 Å².